The second-order valence-corrected chi connectivity index (χ2v) is 4.30. The third-order valence-electron chi connectivity index (χ3n) is 2.77. The van der Waals surface area contributed by atoms with E-state index in [1.54, 1.807) is 0 Å². The molecule has 0 atom stereocenters. The Morgan fingerprint density at radius 3 is 2.53 bits per heavy atom. The molecule has 0 aromatic heterocycles. The van der Waals surface area contributed by atoms with Crippen LogP contribution in [0.1, 0.15) is 6.42 Å². The Bertz CT molecular complexity index is 233. The van der Waals surface area contributed by atoms with Crippen LogP contribution in [0.25, 0.3) is 0 Å². The fourth-order valence-electron chi connectivity index (χ4n) is 1.92. The summed E-state index contributed by atoms with van der Waals surface area (Å²) in [5, 5.41) is 0. The lowest BCUT2D eigenvalue weighted by molar-refractivity contribution is 0.260. The molecule has 1 rings (SSSR count). The Hall–Kier alpha value is -0.960. The van der Waals surface area contributed by atoms with Gasteiger partial charge in [-0.3, -0.25) is 0 Å². The van der Waals surface area contributed by atoms with Crippen LogP contribution in [0.15, 0.2) is 24.6 Å². The zero-order valence-corrected chi connectivity index (χ0v) is 10.2. The molecule has 0 saturated carbocycles. The van der Waals surface area contributed by atoms with Crippen molar-refractivity contribution in [2.75, 3.05) is 47.3 Å². The van der Waals surface area contributed by atoms with Crippen LogP contribution >= 0.6 is 0 Å². The minimum Gasteiger partial charge on any atom is -0.364 e. The largest absolute Gasteiger partial charge is 0.364 e. The monoisotopic (exact) mass is 209 g/mol. The predicted molar refractivity (Wildman–Crippen MR) is 65.7 cm³/mol. The van der Waals surface area contributed by atoms with Crippen molar-refractivity contribution < 1.29 is 0 Å². The van der Waals surface area contributed by atoms with Crippen molar-refractivity contribution in [1.29, 1.82) is 0 Å². The number of nitrogens with zero attached hydrogens (tertiary/aromatic N) is 3. The van der Waals surface area contributed by atoms with Crippen LogP contribution in [0.2, 0.25) is 0 Å². The molecule has 1 heterocycles. The van der Waals surface area contributed by atoms with Crippen molar-refractivity contribution in [3.8, 4) is 0 Å². The van der Waals surface area contributed by atoms with Gasteiger partial charge < -0.3 is 14.7 Å². The maximum Gasteiger partial charge on any atom is 0.103 e. The smallest absolute Gasteiger partial charge is 0.103 e. The van der Waals surface area contributed by atoms with Gasteiger partial charge in [0, 0.05) is 33.7 Å². The fraction of sp³-hybridized carbons (Fsp3) is 0.667. The molecule has 3 heteroatoms. The van der Waals surface area contributed by atoms with Gasteiger partial charge in [-0.25, -0.2) is 0 Å². The third kappa shape index (κ3) is 3.59. The van der Waals surface area contributed by atoms with Crippen LogP contribution in [0, 0.1) is 0 Å². The highest BCUT2D eigenvalue weighted by Gasteiger charge is 2.15. The summed E-state index contributed by atoms with van der Waals surface area (Å²) in [6.07, 6.45) is 5.19. The third-order valence-corrected chi connectivity index (χ3v) is 2.77. The Balaban J connectivity index is 2.67. The lowest BCUT2D eigenvalue weighted by atomic mass is 10.3. The second kappa shape index (κ2) is 5.81. The summed E-state index contributed by atoms with van der Waals surface area (Å²) < 4.78 is 0. The van der Waals surface area contributed by atoms with E-state index in [2.05, 4.69) is 48.5 Å². The Morgan fingerprint density at radius 2 is 1.93 bits per heavy atom. The van der Waals surface area contributed by atoms with E-state index in [4.69, 9.17) is 0 Å². The molecule has 0 aromatic carbocycles. The summed E-state index contributed by atoms with van der Waals surface area (Å²) in [6, 6.07) is 0. The van der Waals surface area contributed by atoms with E-state index in [1.165, 1.54) is 18.8 Å². The molecule has 0 radical (unpaired) electrons. The van der Waals surface area contributed by atoms with E-state index in [-0.39, 0.29) is 0 Å². The zero-order valence-electron chi connectivity index (χ0n) is 10.2. The number of likely N-dealkylation sites (N-methyl/N-ethyl adjacent to an activating group) is 1. The molecule has 0 N–H and O–H groups in total. The first kappa shape index (κ1) is 12.1. The molecule has 0 amide bonds. The van der Waals surface area contributed by atoms with E-state index in [1.807, 2.05) is 6.08 Å². The summed E-state index contributed by atoms with van der Waals surface area (Å²) in [5.74, 6) is 1.26. The van der Waals surface area contributed by atoms with Crippen LogP contribution in [-0.4, -0.2) is 62.0 Å². The van der Waals surface area contributed by atoms with E-state index in [9.17, 15) is 0 Å². The Morgan fingerprint density at radius 1 is 1.20 bits per heavy atom. The van der Waals surface area contributed by atoms with Gasteiger partial charge in [0.25, 0.3) is 0 Å². The first-order valence-corrected chi connectivity index (χ1v) is 5.58. The standard InChI is InChI=1S/C12H23N3/c1-5-7-12(13(2)3)15-9-6-8-14(4)10-11-15/h5,7H,1,6,8-11H2,2-4H3/b12-7+. The number of hydrogen-bond acceptors (Lipinski definition) is 3. The minimum atomic E-state index is 1.11. The maximum atomic E-state index is 3.78. The van der Waals surface area contributed by atoms with Crippen molar-refractivity contribution in [2.45, 2.75) is 6.42 Å². The lowest BCUT2D eigenvalue weighted by Crippen LogP contribution is -2.34. The lowest BCUT2D eigenvalue weighted by Gasteiger charge is -2.30. The van der Waals surface area contributed by atoms with Gasteiger partial charge in [0.15, 0.2) is 0 Å². The quantitative estimate of drug-likeness (QED) is 0.647. The van der Waals surface area contributed by atoms with Crippen LogP contribution < -0.4 is 0 Å². The molecule has 0 aromatic rings. The molecular formula is C12H23N3. The molecule has 0 unspecified atom stereocenters. The van der Waals surface area contributed by atoms with Crippen molar-refractivity contribution in [1.82, 2.24) is 14.7 Å². The highest BCUT2D eigenvalue weighted by molar-refractivity contribution is 5.08. The summed E-state index contributed by atoms with van der Waals surface area (Å²) >= 11 is 0. The molecule has 86 valence electrons. The minimum absolute atomic E-state index is 1.11. The number of allylic oxidation sites excluding steroid dienone is 2. The van der Waals surface area contributed by atoms with Crippen LogP contribution in [0.4, 0.5) is 0 Å². The normalized spacial score (nSPS) is 19.9. The predicted octanol–water partition coefficient (Wildman–Crippen LogP) is 1.21. The topological polar surface area (TPSA) is 9.72 Å². The van der Waals surface area contributed by atoms with Gasteiger partial charge in [-0.1, -0.05) is 12.7 Å². The molecule has 1 aliphatic rings. The van der Waals surface area contributed by atoms with E-state index >= 15 is 0 Å². The van der Waals surface area contributed by atoms with Crippen molar-refractivity contribution >= 4 is 0 Å². The molecular weight excluding hydrogens is 186 g/mol. The fourth-order valence-corrected chi connectivity index (χ4v) is 1.92. The maximum absolute atomic E-state index is 3.78. The van der Waals surface area contributed by atoms with Gasteiger partial charge in [0.1, 0.15) is 5.82 Å². The highest BCUT2D eigenvalue weighted by atomic mass is 15.3. The SMILES string of the molecule is C=C/C=C(\N(C)C)N1CCCN(C)CC1. The van der Waals surface area contributed by atoms with Gasteiger partial charge in [-0.2, -0.15) is 0 Å². The molecule has 1 saturated heterocycles. The van der Waals surface area contributed by atoms with Gasteiger partial charge in [-0.05, 0) is 26.1 Å². The summed E-state index contributed by atoms with van der Waals surface area (Å²) in [7, 11) is 6.37. The molecule has 1 fully saturated rings. The average molecular weight is 209 g/mol. The molecule has 0 aliphatic carbocycles. The Labute approximate surface area is 93.6 Å². The van der Waals surface area contributed by atoms with Crippen molar-refractivity contribution in [3.05, 3.63) is 24.6 Å². The summed E-state index contributed by atoms with van der Waals surface area (Å²) in [4.78, 5) is 6.99. The summed E-state index contributed by atoms with van der Waals surface area (Å²) in [6.45, 7) is 8.36. The second-order valence-electron chi connectivity index (χ2n) is 4.30. The molecule has 15 heavy (non-hydrogen) atoms. The van der Waals surface area contributed by atoms with E-state index in [0.29, 0.717) is 0 Å². The first-order chi connectivity index (χ1) is 7.15. The molecule has 3 nitrogen and oxygen atoms in total. The van der Waals surface area contributed by atoms with Gasteiger partial charge >= 0.3 is 0 Å². The van der Waals surface area contributed by atoms with Crippen LogP contribution in [0.3, 0.4) is 0 Å². The average Bonchev–Trinajstić information content (AvgIpc) is 2.39. The first-order valence-electron chi connectivity index (χ1n) is 5.58. The van der Waals surface area contributed by atoms with Gasteiger partial charge in [0.05, 0.1) is 0 Å². The van der Waals surface area contributed by atoms with Crippen molar-refractivity contribution in [3.63, 3.8) is 0 Å². The number of rotatable bonds is 3. The van der Waals surface area contributed by atoms with Gasteiger partial charge in [0.2, 0.25) is 0 Å². The molecule has 0 bridgehead atoms. The zero-order chi connectivity index (χ0) is 11.3. The molecule has 1 aliphatic heterocycles. The highest BCUT2D eigenvalue weighted by Crippen LogP contribution is 2.11. The Kier molecular flexibility index (Phi) is 4.69. The van der Waals surface area contributed by atoms with Crippen molar-refractivity contribution in [2.24, 2.45) is 0 Å². The molecule has 0 spiro atoms. The number of hydrogen-bond donors (Lipinski definition) is 0. The van der Waals surface area contributed by atoms with Crippen LogP contribution in [-0.2, 0) is 0 Å². The van der Waals surface area contributed by atoms with E-state index < -0.39 is 0 Å². The summed E-state index contributed by atoms with van der Waals surface area (Å²) in [5.41, 5.74) is 0. The van der Waals surface area contributed by atoms with Gasteiger partial charge in [-0.15, -0.1) is 0 Å². The van der Waals surface area contributed by atoms with Crippen LogP contribution in [0.5, 0.6) is 0 Å². The van der Waals surface area contributed by atoms with E-state index in [0.717, 1.165) is 19.6 Å².